The molecule has 94 valence electrons. The van der Waals surface area contributed by atoms with E-state index in [1.165, 1.54) is 22.7 Å². The Balaban J connectivity index is 2.10. The molecule has 2 heterocycles. The van der Waals surface area contributed by atoms with Gasteiger partial charge in [0.15, 0.2) is 11.3 Å². The van der Waals surface area contributed by atoms with Crippen LogP contribution >= 0.6 is 0 Å². The lowest BCUT2D eigenvalue weighted by atomic mass is 10.1. The molecule has 0 atom stereocenters. The molecule has 19 heavy (non-hydrogen) atoms. The molecule has 5 nitrogen and oxygen atoms in total. The molecule has 0 amide bonds. The first-order chi connectivity index (χ1) is 9.13. The number of fused-ring (bicyclic) bond motifs is 1. The normalized spacial score (nSPS) is 10.8. The molecule has 0 spiro atoms. The Labute approximate surface area is 107 Å². The lowest BCUT2D eigenvalue weighted by Crippen LogP contribution is -1.97. The van der Waals surface area contributed by atoms with Crippen LogP contribution in [0.25, 0.3) is 16.9 Å². The van der Waals surface area contributed by atoms with Gasteiger partial charge in [0.2, 0.25) is 0 Å². The highest BCUT2D eigenvalue weighted by Crippen LogP contribution is 2.18. The maximum atomic E-state index is 12.8. The van der Waals surface area contributed by atoms with E-state index in [2.05, 4.69) is 10.1 Å². The number of nitrogens with zero attached hydrogens (tertiary/aromatic N) is 3. The van der Waals surface area contributed by atoms with Crippen LogP contribution in [0, 0.1) is 5.82 Å². The van der Waals surface area contributed by atoms with Gasteiger partial charge in [-0.2, -0.15) is 5.10 Å². The van der Waals surface area contributed by atoms with Gasteiger partial charge >= 0.3 is 5.97 Å². The van der Waals surface area contributed by atoms with Crippen LogP contribution in [0.1, 0.15) is 10.5 Å². The van der Waals surface area contributed by atoms with E-state index < -0.39 is 5.97 Å². The highest BCUT2D eigenvalue weighted by atomic mass is 19.1. The molecule has 3 aromatic rings. The molecular formula is C13H8FN3O2. The molecule has 0 aliphatic rings. The Morgan fingerprint density at radius 2 is 1.95 bits per heavy atom. The number of carbonyl (C=O) groups is 1. The molecule has 1 aromatic carbocycles. The zero-order valence-corrected chi connectivity index (χ0v) is 9.62. The molecule has 6 heteroatoms. The van der Waals surface area contributed by atoms with Crippen molar-refractivity contribution in [3.8, 4) is 11.3 Å². The monoisotopic (exact) mass is 257 g/mol. The number of aromatic nitrogens is 3. The average molecular weight is 257 g/mol. The van der Waals surface area contributed by atoms with Crippen LogP contribution in [0.2, 0.25) is 0 Å². The summed E-state index contributed by atoms with van der Waals surface area (Å²) < 4.78 is 14.2. The van der Waals surface area contributed by atoms with Crippen molar-refractivity contribution in [1.82, 2.24) is 14.6 Å². The van der Waals surface area contributed by atoms with E-state index in [-0.39, 0.29) is 11.5 Å². The Kier molecular flexibility index (Phi) is 2.49. The molecule has 0 fully saturated rings. The van der Waals surface area contributed by atoms with Crippen molar-refractivity contribution in [2.45, 2.75) is 0 Å². The molecule has 1 N–H and O–H groups in total. The van der Waals surface area contributed by atoms with Gasteiger partial charge in [0.1, 0.15) is 5.82 Å². The smallest absolute Gasteiger partial charge is 0.356 e. The van der Waals surface area contributed by atoms with Crippen molar-refractivity contribution in [3.05, 3.63) is 54.1 Å². The lowest BCUT2D eigenvalue weighted by molar-refractivity contribution is 0.0690. The Morgan fingerprint density at radius 3 is 2.63 bits per heavy atom. The summed E-state index contributed by atoms with van der Waals surface area (Å²) in [5.41, 5.74) is 1.74. The Hall–Kier alpha value is -2.76. The maximum absolute atomic E-state index is 12.8. The van der Waals surface area contributed by atoms with Crippen molar-refractivity contribution < 1.29 is 14.3 Å². The number of rotatable bonds is 2. The number of hydrogen-bond donors (Lipinski definition) is 1. The Morgan fingerprint density at radius 1 is 1.21 bits per heavy atom. The van der Waals surface area contributed by atoms with E-state index in [0.29, 0.717) is 11.3 Å². The second kappa shape index (κ2) is 4.16. The fourth-order valence-corrected chi connectivity index (χ4v) is 1.77. The van der Waals surface area contributed by atoms with E-state index in [1.54, 1.807) is 24.4 Å². The maximum Gasteiger partial charge on any atom is 0.356 e. The second-order valence-electron chi connectivity index (χ2n) is 3.96. The summed E-state index contributed by atoms with van der Waals surface area (Å²) in [5.74, 6) is -1.42. The summed E-state index contributed by atoms with van der Waals surface area (Å²) in [6.45, 7) is 0. The van der Waals surface area contributed by atoms with Gasteiger partial charge in [-0.15, -0.1) is 0 Å². The number of carboxylic acid groups (broad SMARTS) is 1. The minimum atomic E-state index is -1.10. The average Bonchev–Trinajstić information content (AvgIpc) is 2.82. The highest BCUT2D eigenvalue weighted by Gasteiger charge is 2.10. The third-order valence-electron chi connectivity index (χ3n) is 2.68. The third kappa shape index (κ3) is 2.03. The van der Waals surface area contributed by atoms with E-state index in [0.717, 1.165) is 5.56 Å². The summed E-state index contributed by atoms with van der Waals surface area (Å²) in [7, 11) is 0. The van der Waals surface area contributed by atoms with Crippen molar-refractivity contribution in [3.63, 3.8) is 0 Å². The molecule has 0 aliphatic heterocycles. The third-order valence-corrected chi connectivity index (χ3v) is 2.68. The lowest BCUT2D eigenvalue weighted by Gasteiger charge is -2.01. The molecule has 0 saturated heterocycles. The van der Waals surface area contributed by atoms with Gasteiger partial charge in [-0.25, -0.2) is 18.7 Å². The van der Waals surface area contributed by atoms with Crippen LogP contribution in [0.4, 0.5) is 4.39 Å². The highest BCUT2D eigenvalue weighted by molar-refractivity contribution is 5.86. The van der Waals surface area contributed by atoms with Crippen molar-refractivity contribution in [1.29, 1.82) is 0 Å². The zero-order chi connectivity index (χ0) is 13.4. The number of aromatic carboxylic acids is 1. The standard InChI is InChI=1S/C13H8FN3O2/c14-9-3-1-8(2-4-9)10-5-6-17-12(15-10)7-11(16-17)13(18)19/h1-7H,(H,18,19). The SMILES string of the molecule is O=C(O)c1cc2nc(-c3ccc(F)cc3)ccn2n1. The van der Waals surface area contributed by atoms with Crippen molar-refractivity contribution >= 4 is 11.6 Å². The van der Waals surface area contributed by atoms with Crippen LogP contribution in [-0.2, 0) is 0 Å². The topological polar surface area (TPSA) is 67.5 Å². The fourth-order valence-electron chi connectivity index (χ4n) is 1.77. The van der Waals surface area contributed by atoms with Gasteiger partial charge in [-0.05, 0) is 30.3 Å². The van der Waals surface area contributed by atoms with Gasteiger partial charge in [-0.1, -0.05) is 0 Å². The van der Waals surface area contributed by atoms with Crippen LogP contribution in [0.15, 0.2) is 42.6 Å². The molecule has 0 unspecified atom stereocenters. The quantitative estimate of drug-likeness (QED) is 0.764. The number of carboxylic acids is 1. The van der Waals surface area contributed by atoms with Gasteiger partial charge in [0.25, 0.3) is 0 Å². The first-order valence-electron chi connectivity index (χ1n) is 5.49. The molecule has 0 bridgehead atoms. The van der Waals surface area contributed by atoms with Gasteiger partial charge in [0.05, 0.1) is 5.69 Å². The van der Waals surface area contributed by atoms with E-state index in [4.69, 9.17) is 5.11 Å². The zero-order valence-electron chi connectivity index (χ0n) is 9.62. The van der Waals surface area contributed by atoms with Crippen LogP contribution < -0.4 is 0 Å². The first kappa shape index (κ1) is 11.3. The van der Waals surface area contributed by atoms with E-state index in [1.807, 2.05) is 0 Å². The second-order valence-corrected chi connectivity index (χ2v) is 3.96. The summed E-state index contributed by atoms with van der Waals surface area (Å²) in [5, 5.41) is 12.7. The first-order valence-corrected chi connectivity index (χ1v) is 5.49. The van der Waals surface area contributed by atoms with E-state index in [9.17, 15) is 9.18 Å². The van der Waals surface area contributed by atoms with Gasteiger partial charge in [0, 0.05) is 17.8 Å². The van der Waals surface area contributed by atoms with Crippen molar-refractivity contribution in [2.75, 3.05) is 0 Å². The summed E-state index contributed by atoms with van der Waals surface area (Å²) >= 11 is 0. The van der Waals surface area contributed by atoms with Crippen LogP contribution in [0.5, 0.6) is 0 Å². The number of benzene rings is 1. The summed E-state index contributed by atoms with van der Waals surface area (Å²) in [6.07, 6.45) is 1.62. The van der Waals surface area contributed by atoms with Crippen LogP contribution in [0.3, 0.4) is 0 Å². The number of halogens is 1. The van der Waals surface area contributed by atoms with Crippen LogP contribution in [-0.4, -0.2) is 25.7 Å². The molecule has 2 aromatic heterocycles. The van der Waals surface area contributed by atoms with Gasteiger partial charge < -0.3 is 5.11 Å². The largest absolute Gasteiger partial charge is 0.476 e. The summed E-state index contributed by atoms with van der Waals surface area (Å²) in [6, 6.07) is 9.00. The van der Waals surface area contributed by atoms with E-state index >= 15 is 0 Å². The number of hydrogen-bond acceptors (Lipinski definition) is 3. The molecule has 0 aliphatic carbocycles. The van der Waals surface area contributed by atoms with Gasteiger partial charge in [-0.3, -0.25) is 0 Å². The minimum Gasteiger partial charge on any atom is -0.476 e. The molecular weight excluding hydrogens is 249 g/mol. The molecule has 3 rings (SSSR count). The molecule has 0 saturated carbocycles. The minimum absolute atomic E-state index is 0.0660. The molecule has 0 radical (unpaired) electrons. The predicted molar refractivity (Wildman–Crippen MR) is 65.3 cm³/mol. The summed E-state index contributed by atoms with van der Waals surface area (Å²) in [4.78, 5) is 15.1. The van der Waals surface area contributed by atoms with Crippen molar-refractivity contribution in [2.24, 2.45) is 0 Å². The fraction of sp³-hybridized carbons (Fsp3) is 0. The Bertz CT molecular complexity index is 765. The predicted octanol–water partition coefficient (Wildman–Crippen LogP) is 2.23.